The lowest BCUT2D eigenvalue weighted by molar-refractivity contribution is -0.136. The maximum absolute atomic E-state index is 10.5. The molecule has 1 rings (SSSR count). The Morgan fingerprint density at radius 3 is 2.95 bits per heavy atom. The van der Waals surface area contributed by atoms with Gasteiger partial charge in [0, 0.05) is 23.4 Å². The van der Waals surface area contributed by atoms with Gasteiger partial charge < -0.3 is 10.4 Å². The van der Waals surface area contributed by atoms with Gasteiger partial charge in [-0.1, -0.05) is 11.6 Å². The number of anilines is 1. The SMILES string of the molecule is CC(C)(C#N)CNc1nccc(SCCC(=O)O)c1Cl. The molecule has 1 aromatic rings. The van der Waals surface area contributed by atoms with Crippen molar-refractivity contribution < 1.29 is 9.90 Å². The number of nitrogens with zero attached hydrogens (tertiary/aromatic N) is 2. The maximum Gasteiger partial charge on any atom is 0.304 e. The van der Waals surface area contributed by atoms with Crippen LogP contribution in [0.5, 0.6) is 0 Å². The predicted molar refractivity (Wildman–Crippen MR) is 80.1 cm³/mol. The fraction of sp³-hybridized carbons (Fsp3) is 0.462. The van der Waals surface area contributed by atoms with Crippen molar-refractivity contribution in [3.8, 4) is 6.07 Å². The Kier molecular flexibility index (Phi) is 6.11. The van der Waals surface area contributed by atoms with Crippen molar-refractivity contribution in [2.24, 2.45) is 5.41 Å². The van der Waals surface area contributed by atoms with E-state index >= 15 is 0 Å². The highest BCUT2D eigenvalue weighted by atomic mass is 35.5. The molecule has 0 fully saturated rings. The lowest BCUT2D eigenvalue weighted by atomic mass is 9.96. The van der Waals surface area contributed by atoms with E-state index in [1.54, 1.807) is 12.3 Å². The van der Waals surface area contributed by atoms with Gasteiger partial charge in [0.25, 0.3) is 0 Å². The summed E-state index contributed by atoms with van der Waals surface area (Å²) in [5.74, 6) is 0.120. The molecule has 0 spiro atoms. The van der Waals surface area contributed by atoms with Crippen molar-refractivity contribution in [1.29, 1.82) is 5.26 Å². The zero-order chi connectivity index (χ0) is 15.2. The lowest BCUT2D eigenvalue weighted by Crippen LogP contribution is -2.21. The van der Waals surface area contributed by atoms with Gasteiger partial charge in [-0.25, -0.2) is 4.98 Å². The summed E-state index contributed by atoms with van der Waals surface area (Å²) < 4.78 is 0. The Balaban J connectivity index is 2.70. The fourth-order valence-corrected chi connectivity index (χ4v) is 2.47. The number of halogens is 1. The molecule has 0 bridgehead atoms. The quantitative estimate of drug-likeness (QED) is 0.751. The van der Waals surface area contributed by atoms with E-state index in [1.165, 1.54) is 11.8 Å². The van der Waals surface area contributed by atoms with E-state index in [2.05, 4.69) is 16.4 Å². The van der Waals surface area contributed by atoms with Crippen LogP contribution in [0.3, 0.4) is 0 Å². The third kappa shape index (κ3) is 5.27. The van der Waals surface area contributed by atoms with Crippen LogP contribution >= 0.6 is 23.4 Å². The lowest BCUT2D eigenvalue weighted by Gasteiger charge is -2.17. The van der Waals surface area contributed by atoms with Gasteiger partial charge in [-0.2, -0.15) is 5.26 Å². The highest BCUT2D eigenvalue weighted by Crippen LogP contribution is 2.32. The fourth-order valence-electron chi connectivity index (χ4n) is 1.25. The number of aliphatic carboxylic acids is 1. The maximum atomic E-state index is 10.5. The minimum atomic E-state index is -0.836. The third-order valence-electron chi connectivity index (χ3n) is 2.43. The number of pyridine rings is 1. The minimum Gasteiger partial charge on any atom is -0.481 e. The van der Waals surface area contributed by atoms with Gasteiger partial charge in [-0.05, 0) is 19.9 Å². The van der Waals surface area contributed by atoms with Gasteiger partial charge >= 0.3 is 5.97 Å². The summed E-state index contributed by atoms with van der Waals surface area (Å²) in [6.07, 6.45) is 1.68. The van der Waals surface area contributed by atoms with Crippen molar-refractivity contribution in [1.82, 2.24) is 4.98 Å². The molecular weight excluding hydrogens is 298 g/mol. The average Bonchev–Trinajstić information content (AvgIpc) is 2.39. The first-order valence-electron chi connectivity index (χ1n) is 6.00. The second kappa shape index (κ2) is 7.36. The van der Waals surface area contributed by atoms with Gasteiger partial charge in [0.15, 0.2) is 0 Å². The van der Waals surface area contributed by atoms with Crippen molar-refractivity contribution >= 4 is 35.1 Å². The summed E-state index contributed by atoms with van der Waals surface area (Å²) in [5, 5.41) is 21.1. The van der Waals surface area contributed by atoms with Gasteiger partial charge in [-0.15, -0.1) is 11.8 Å². The number of nitriles is 1. The number of hydrogen-bond acceptors (Lipinski definition) is 5. The van der Waals surface area contributed by atoms with Crippen LogP contribution < -0.4 is 5.32 Å². The third-order valence-corrected chi connectivity index (χ3v) is 3.98. The zero-order valence-electron chi connectivity index (χ0n) is 11.3. The zero-order valence-corrected chi connectivity index (χ0v) is 12.9. The molecule has 5 nitrogen and oxygen atoms in total. The Hall–Kier alpha value is -1.45. The molecule has 20 heavy (non-hydrogen) atoms. The monoisotopic (exact) mass is 313 g/mol. The van der Waals surface area contributed by atoms with E-state index in [0.29, 0.717) is 23.1 Å². The molecule has 0 atom stereocenters. The number of aromatic nitrogens is 1. The molecule has 0 aliphatic rings. The Bertz CT molecular complexity index is 529. The molecule has 0 aromatic carbocycles. The Morgan fingerprint density at radius 2 is 2.35 bits per heavy atom. The number of carboxylic acid groups (broad SMARTS) is 1. The van der Waals surface area contributed by atoms with Crippen LogP contribution in [-0.4, -0.2) is 28.4 Å². The van der Waals surface area contributed by atoms with E-state index in [4.69, 9.17) is 22.0 Å². The van der Waals surface area contributed by atoms with Gasteiger partial charge in [0.05, 0.1) is 22.9 Å². The molecule has 2 N–H and O–H groups in total. The van der Waals surface area contributed by atoms with E-state index in [-0.39, 0.29) is 6.42 Å². The summed E-state index contributed by atoms with van der Waals surface area (Å²) in [6, 6.07) is 3.93. The van der Waals surface area contributed by atoms with Gasteiger partial charge in [-0.3, -0.25) is 4.79 Å². The second-order valence-electron chi connectivity index (χ2n) is 4.81. The number of carbonyl (C=O) groups is 1. The summed E-state index contributed by atoms with van der Waals surface area (Å²) in [6.45, 7) is 4.07. The Labute approximate surface area is 127 Å². The van der Waals surface area contributed by atoms with Crippen LogP contribution in [0.25, 0.3) is 0 Å². The molecule has 108 valence electrons. The second-order valence-corrected chi connectivity index (χ2v) is 6.33. The molecule has 0 saturated heterocycles. The predicted octanol–water partition coefficient (Wildman–Crippen LogP) is 3.26. The highest BCUT2D eigenvalue weighted by Gasteiger charge is 2.17. The first kappa shape index (κ1) is 16.6. The van der Waals surface area contributed by atoms with Crippen molar-refractivity contribution in [3.63, 3.8) is 0 Å². The van der Waals surface area contributed by atoms with E-state index < -0.39 is 11.4 Å². The molecule has 0 radical (unpaired) electrons. The molecule has 0 aliphatic heterocycles. The van der Waals surface area contributed by atoms with Crippen LogP contribution in [0.4, 0.5) is 5.82 Å². The number of hydrogen-bond donors (Lipinski definition) is 2. The highest BCUT2D eigenvalue weighted by molar-refractivity contribution is 7.99. The number of rotatable bonds is 7. The standard InChI is InChI=1S/C13H16ClN3O2S/c1-13(2,7-15)8-17-12-11(14)9(3-5-16-12)20-6-4-10(18)19/h3,5H,4,6,8H2,1-2H3,(H,16,17)(H,18,19). The summed E-state index contributed by atoms with van der Waals surface area (Å²) in [7, 11) is 0. The van der Waals surface area contributed by atoms with Crippen LogP contribution in [0.2, 0.25) is 5.02 Å². The molecule has 1 aromatic heterocycles. The van der Waals surface area contributed by atoms with Crippen LogP contribution in [0.1, 0.15) is 20.3 Å². The summed E-state index contributed by atoms with van der Waals surface area (Å²) in [4.78, 5) is 15.4. The molecule has 0 unspecified atom stereocenters. The van der Waals surface area contributed by atoms with Crippen LogP contribution in [0.15, 0.2) is 17.2 Å². The largest absolute Gasteiger partial charge is 0.481 e. The number of thioether (sulfide) groups is 1. The topological polar surface area (TPSA) is 86.0 Å². The van der Waals surface area contributed by atoms with Gasteiger partial charge in [0.1, 0.15) is 5.82 Å². The van der Waals surface area contributed by atoms with Crippen LogP contribution in [0, 0.1) is 16.7 Å². The summed E-state index contributed by atoms with van der Waals surface area (Å²) in [5.41, 5.74) is -0.516. The van der Waals surface area contributed by atoms with E-state index in [9.17, 15) is 4.79 Å². The average molecular weight is 314 g/mol. The van der Waals surface area contributed by atoms with Crippen molar-refractivity contribution in [2.45, 2.75) is 25.2 Å². The van der Waals surface area contributed by atoms with Crippen molar-refractivity contribution in [2.75, 3.05) is 17.6 Å². The smallest absolute Gasteiger partial charge is 0.304 e. The van der Waals surface area contributed by atoms with E-state index in [0.717, 1.165) is 4.90 Å². The molecule has 0 aliphatic carbocycles. The Morgan fingerprint density at radius 1 is 1.65 bits per heavy atom. The molecule has 0 amide bonds. The molecule has 0 saturated carbocycles. The normalized spacial score (nSPS) is 10.9. The summed E-state index contributed by atoms with van der Waals surface area (Å²) >= 11 is 7.59. The molecule has 7 heteroatoms. The van der Waals surface area contributed by atoms with Crippen LogP contribution in [-0.2, 0) is 4.79 Å². The van der Waals surface area contributed by atoms with Crippen molar-refractivity contribution in [3.05, 3.63) is 17.3 Å². The number of nitrogens with one attached hydrogen (secondary N) is 1. The molecular formula is C13H16ClN3O2S. The first-order valence-corrected chi connectivity index (χ1v) is 7.36. The molecule has 1 heterocycles. The first-order chi connectivity index (χ1) is 9.35. The van der Waals surface area contributed by atoms with Gasteiger partial charge in [0.2, 0.25) is 0 Å². The van der Waals surface area contributed by atoms with E-state index in [1.807, 2.05) is 13.8 Å². The minimum absolute atomic E-state index is 0.0769. The number of carboxylic acids is 1.